The van der Waals surface area contributed by atoms with Gasteiger partial charge < -0.3 is 20.1 Å². The van der Waals surface area contributed by atoms with Crippen molar-refractivity contribution in [2.45, 2.75) is 0 Å². The van der Waals surface area contributed by atoms with E-state index in [2.05, 4.69) is 11.0 Å². The Balaban J connectivity index is 1.83. The van der Waals surface area contributed by atoms with Gasteiger partial charge in [-0.2, -0.15) is 0 Å². The van der Waals surface area contributed by atoms with Crippen molar-refractivity contribution in [3.63, 3.8) is 0 Å². The van der Waals surface area contributed by atoms with Gasteiger partial charge in [0.05, 0.1) is 18.9 Å². The van der Waals surface area contributed by atoms with Crippen molar-refractivity contribution < 1.29 is 9.47 Å². The maximum atomic E-state index is 5.98. The van der Waals surface area contributed by atoms with Crippen molar-refractivity contribution in [1.82, 2.24) is 0 Å². The number of hydrogen-bond acceptors (Lipinski definition) is 4. The number of ether oxygens (including phenoxy) is 2. The van der Waals surface area contributed by atoms with E-state index in [1.165, 1.54) is 0 Å². The van der Waals surface area contributed by atoms with Crippen LogP contribution in [0, 0.1) is 0 Å². The van der Waals surface area contributed by atoms with Crippen LogP contribution in [0.1, 0.15) is 0 Å². The molecular weight excluding hydrogens is 252 g/mol. The summed E-state index contributed by atoms with van der Waals surface area (Å²) in [6.07, 6.45) is 0. The minimum atomic E-state index is 0.735. The van der Waals surface area contributed by atoms with Crippen LogP contribution in [0.25, 0.3) is 0 Å². The maximum absolute atomic E-state index is 5.98. The first-order valence-corrected chi connectivity index (χ1v) is 6.78. The fourth-order valence-electron chi connectivity index (χ4n) is 2.27. The quantitative estimate of drug-likeness (QED) is 0.871. The lowest BCUT2D eigenvalue weighted by Crippen LogP contribution is -2.36. The SMILES string of the molecule is Nc1ccc(Oc2ccccc2N2CCOCC2)cc1. The predicted molar refractivity (Wildman–Crippen MR) is 80.4 cm³/mol. The van der Waals surface area contributed by atoms with Crippen LogP contribution in [0.15, 0.2) is 48.5 Å². The number of nitrogens with zero attached hydrogens (tertiary/aromatic N) is 1. The highest BCUT2D eigenvalue weighted by molar-refractivity contribution is 5.60. The van der Waals surface area contributed by atoms with E-state index in [0.717, 1.165) is 49.2 Å². The number of morpholine rings is 1. The van der Waals surface area contributed by atoms with Crippen LogP contribution in [0.5, 0.6) is 11.5 Å². The van der Waals surface area contributed by atoms with E-state index in [1.54, 1.807) is 0 Å². The zero-order chi connectivity index (χ0) is 13.8. The van der Waals surface area contributed by atoms with Gasteiger partial charge in [-0.25, -0.2) is 0 Å². The van der Waals surface area contributed by atoms with Gasteiger partial charge >= 0.3 is 0 Å². The third-order valence-corrected chi connectivity index (χ3v) is 3.32. The fraction of sp³-hybridized carbons (Fsp3) is 0.250. The highest BCUT2D eigenvalue weighted by Crippen LogP contribution is 2.32. The Morgan fingerprint density at radius 1 is 0.950 bits per heavy atom. The molecular formula is C16H18N2O2. The van der Waals surface area contributed by atoms with Crippen molar-refractivity contribution in [2.24, 2.45) is 0 Å². The normalized spacial score (nSPS) is 15.1. The number of rotatable bonds is 3. The Hall–Kier alpha value is -2.20. The van der Waals surface area contributed by atoms with Gasteiger partial charge in [0.2, 0.25) is 0 Å². The molecule has 1 aliphatic heterocycles. The van der Waals surface area contributed by atoms with Crippen LogP contribution in [-0.2, 0) is 4.74 Å². The molecule has 2 aromatic rings. The summed E-state index contributed by atoms with van der Waals surface area (Å²) in [5, 5.41) is 0. The molecule has 1 fully saturated rings. The number of nitrogens with two attached hydrogens (primary N) is 1. The Kier molecular flexibility index (Phi) is 3.74. The zero-order valence-corrected chi connectivity index (χ0v) is 11.3. The Labute approximate surface area is 118 Å². The van der Waals surface area contributed by atoms with Gasteiger partial charge in [0.25, 0.3) is 0 Å². The number of benzene rings is 2. The van der Waals surface area contributed by atoms with E-state index in [1.807, 2.05) is 42.5 Å². The van der Waals surface area contributed by atoms with Gasteiger partial charge in [-0.05, 0) is 36.4 Å². The standard InChI is InChI=1S/C16H18N2O2/c17-13-5-7-14(8-6-13)20-16-4-2-1-3-15(16)18-9-11-19-12-10-18/h1-8H,9-12,17H2. The van der Waals surface area contributed by atoms with Crippen LogP contribution in [-0.4, -0.2) is 26.3 Å². The zero-order valence-electron chi connectivity index (χ0n) is 11.3. The third-order valence-electron chi connectivity index (χ3n) is 3.32. The minimum Gasteiger partial charge on any atom is -0.455 e. The molecule has 0 spiro atoms. The second kappa shape index (κ2) is 5.84. The predicted octanol–water partition coefficient (Wildman–Crippen LogP) is 2.90. The third kappa shape index (κ3) is 2.86. The van der Waals surface area contributed by atoms with Gasteiger partial charge in [-0.3, -0.25) is 0 Å². The van der Waals surface area contributed by atoms with Crippen molar-refractivity contribution in [1.29, 1.82) is 0 Å². The van der Waals surface area contributed by atoms with E-state index in [-0.39, 0.29) is 0 Å². The highest BCUT2D eigenvalue weighted by atomic mass is 16.5. The smallest absolute Gasteiger partial charge is 0.150 e. The lowest BCUT2D eigenvalue weighted by molar-refractivity contribution is 0.122. The largest absolute Gasteiger partial charge is 0.455 e. The lowest BCUT2D eigenvalue weighted by Gasteiger charge is -2.30. The van der Waals surface area contributed by atoms with Crippen LogP contribution in [0.4, 0.5) is 11.4 Å². The number of hydrogen-bond donors (Lipinski definition) is 1. The van der Waals surface area contributed by atoms with E-state index >= 15 is 0 Å². The monoisotopic (exact) mass is 270 g/mol. The average molecular weight is 270 g/mol. The summed E-state index contributed by atoms with van der Waals surface area (Å²) in [4.78, 5) is 2.29. The van der Waals surface area contributed by atoms with Crippen molar-refractivity contribution in [2.75, 3.05) is 36.9 Å². The number of para-hydroxylation sites is 2. The number of anilines is 2. The molecule has 0 atom stereocenters. The fourth-order valence-corrected chi connectivity index (χ4v) is 2.27. The summed E-state index contributed by atoms with van der Waals surface area (Å²) in [6.45, 7) is 3.30. The maximum Gasteiger partial charge on any atom is 0.150 e. The summed E-state index contributed by atoms with van der Waals surface area (Å²) in [5.41, 5.74) is 7.53. The molecule has 0 unspecified atom stereocenters. The molecule has 0 aliphatic carbocycles. The minimum absolute atomic E-state index is 0.735. The molecule has 0 aromatic heterocycles. The molecule has 4 heteroatoms. The first-order valence-electron chi connectivity index (χ1n) is 6.78. The van der Waals surface area contributed by atoms with E-state index in [0.29, 0.717) is 0 Å². The van der Waals surface area contributed by atoms with E-state index in [4.69, 9.17) is 15.2 Å². The van der Waals surface area contributed by atoms with Crippen LogP contribution in [0.3, 0.4) is 0 Å². The van der Waals surface area contributed by atoms with Gasteiger partial charge in [-0.1, -0.05) is 12.1 Å². The Bertz CT molecular complexity index is 563. The van der Waals surface area contributed by atoms with Crippen molar-refractivity contribution in [3.8, 4) is 11.5 Å². The van der Waals surface area contributed by atoms with Gasteiger partial charge in [0.1, 0.15) is 5.75 Å². The van der Waals surface area contributed by atoms with Crippen LogP contribution < -0.4 is 15.4 Å². The Morgan fingerprint density at radius 3 is 2.40 bits per heavy atom. The first kappa shape index (κ1) is 12.8. The second-order valence-electron chi connectivity index (χ2n) is 4.74. The molecule has 1 aliphatic rings. The molecule has 3 rings (SSSR count). The molecule has 20 heavy (non-hydrogen) atoms. The molecule has 0 bridgehead atoms. The molecule has 2 aromatic carbocycles. The van der Waals surface area contributed by atoms with Gasteiger partial charge in [-0.15, -0.1) is 0 Å². The average Bonchev–Trinajstić information content (AvgIpc) is 2.51. The van der Waals surface area contributed by atoms with Gasteiger partial charge in [0, 0.05) is 18.8 Å². The molecule has 0 radical (unpaired) electrons. The highest BCUT2D eigenvalue weighted by Gasteiger charge is 2.15. The lowest BCUT2D eigenvalue weighted by atomic mass is 10.2. The number of nitrogen functional groups attached to an aromatic ring is 1. The molecule has 0 amide bonds. The molecule has 1 saturated heterocycles. The summed E-state index contributed by atoms with van der Waals surface area (Å²) >= 11 is 0. The molecule has 104 valence electrons. The van der Waals surface area contributed by atoms with Crippen LogP contribution in [0.2, 0.25) is 0 Å². The molecule has 1 heterocycles. The summed E-state index contributed by atoms with van der Waals surface area (Å²) in [7, 11) is 0. The van der Waals surface area contributed by atoms with E-state index < -0.39 is 0 Å². The Morgan fingerprint density at radius 2 is 1.65 bits per heavy atom. The molecule has 0 saturated carbocycles. The van der Waals surface area contributed by atoms with Gasteiger partial charge in [0.15, 0.2) is 5.75 Å². The first-order chi connectivity index (χ1) is 9.83. The molecule has 4 nitrogen and oxygen atoms in total. The van der Waals surface area contributed by atoms with Crippen LogP contribution >= 0.6 is 0 Å². The van der Waals surface area contributed by atoms with E-state index in [9.17, 15) is 0 Å². The topological polar surface area (TPSA) is 47.7 Å². The molecule has 2 N–H and O–H groups in total. The van der Waals surface area contributed by atoms with Crippen molar-refractivity contribution in [3.05, 3.63) is 48.5 Å². The summed E-state index contributed by atoms with van der Waals surface area (Å²) in [5.74, 6) is 1.65. The second-order valence-corrected chi connectivity index (χ2v) is 4.74. The van der Waals surface area contributed by atoms with Crippen molar-refractivity contribution >= 4 is 11.4 Å². The summed E-state index contributed by atoms with van der Waals surface area (Å²) < 4.78 is 11.4. The summed E-state index contributed by atoms with van der Waals surface area (Å²) in [6, 6.07) is 15.5.